The number of aromatic nitrogens is 1. The maximum absolute atomic E-state index is 5.68. The predicted molar refractivity (Wildman–Crippen MR) is 78.0 cm³/mol. The van der Waals surface area contributed by atoms with Gasteiger partial charge in [0.25, 0.3) is 0 Å². The quantitative estimate of drug-likeness (QED) is 0.920. The van der Waals surface area contributed by atoms with Crippen molar-refractivity contribution in [2.24, 2.45) is 5.73 Å². The molecular formula is C14H19N3S. The lowest BCUT2D eigenvalue weighted by molar-refractivity contribution is 0.888. The van der Waals surface area contributed by atoms with Gasteiger partial charge >= 0.3 is 0 Å². The first-order valence-corrected chi connectivity index (χ1v) is 6.90. The van der Waals surface area contributed by atoms with Gasteiger partial charge < -0.3 is 10.6 Å². The summed E-state index contributed by atoms with van der Waals surface area (Å²) < 4.78 is 0. The highest BCUT2D eigenvalue weighted by molar-refractivity contribution is 7.09. The third-order valence-electron chi connectivity index (χ3n) is 3.05. The molecule has 0 atom stereocenters. The van der Waals surface area contributed by atoms with Crippen LogP contribution in [-0.4, -0.2) is 12.0 Å². The highest BCUT2D eigenvalue weighted by Gasteiger charge is 2.06. The third kappa shape index (κ3) is 2.89. The van der Waals surface area contributed by atoms with Crippen LogP contribution >= 0.6 is 11.3 Å². The summed E-state index contributed by atoms with van der Waals surface area (Å²) in [5.74, 6) is 0. The van der Waals surface area contributed by atoms with Crippen LogP contribution in [0, 0.1) is 13.8 Å². The maximum atomic E-state index is 5.68. The molecule has 0 spiro atoms. The SMILES string of the molecule is Cc1nc(CN(C)c2ccc(CN)c(C)c2)cs1. The first kappa shape index (κ1) is 13.1. The van der Waals surface area contributed by atoms with Gasteiger partial charge in [0.05, 0.1) is 17.2 Å². The lowest BCUT2D eigenvalue weighted by Crippen LogP contribution is -2.17. The number of nitrogens with two attached hydrogens (primary N) is 1. The lowest BCUT2D eigenvalue weighted by atomic mass is 10.1. The first-order chi connectivity index (χ1) is 8.60. The van der Waals surface area contributed by atoms with Crippen LogP contribution in [0.3, 0.4) is 0 Å². The summed E-state index contributed by atoms with van der Waals surface area (Å²) in [6.07, 6.45) is 0. The molecule has 0 bridgehead atoms. The summed E-state index contributed by atoms with van der Waals surface area (Å²) in [6, 6.07) is 6.41. The zero-order valence-corrected chi connectivity index (χ0v) is 11.9. The van der Waals surface area contributed by atoms with E-state index in [9.17, 15) is 0 Å². The van der Waals surface area contributed by atoms with Gasteiger partial charge in [0, 0.05) is 24.7 Å². The van der Waals surface area contributed by atoms with Gasteiger partial charge in [-0.2, -0.15) is 0 Å². The second-order valence-corrected chi connectivity index (χ2v) is 5.59. The fourth-order valence-corrected chi connectivity index (χ4v) is 2.57. The molecule has 0 unspecified atom stereocenters. The smallest absolute Gasteiger partial charge is 0.0898 e. The third-order valence-corrected chi connectivity index (χ3v) is 3.87. The van der Waals surface area contributed by atoms with Gasteiger partial charge in [-0.25, -0.2) is 4.98 Å². The van der Waals surface area contributed by atoms with E-state index < -0.39 is 0 Å². The number of nitrogens with zero attached hydrogens (tertiary/aromatic N) is 2. The Morgan fingerprint density at radius 1 is 1.33 bits per heavy atom. The minimum atomic E-state index is 0.598. The van der Waals surface area contributed by atoms with Crippen LogP contribution in [0.1, 0.15) is 21.8 Å². The molecule has 96 valence electrons. The van der Waals surface area contributed by atoms with Crippen LogP contribution in [0.25, 0.3) is 0 Å². The minimum absolute atomic E-state index is 0.598. The second kappa shape index (κ2) is 5.50. The van der Waals surface area contributed by atoms with Gasteiger partial charge in [-0.15, -0.1) is 11.3 Å². The van der Waals surface area contributed by atoms with E-state index in [0.29, 0.717) is 6.54 Å². The van der Waals surface area contributed by atoms with E-state index in [4.69, 9.17) is 5.73 Å². The van der Waals surface area contributed by atoms with Crippen molar-refractivity contribution >= 4 is 17.0 Å². The number of aryl methyl sites for hydroxylation is 2. The number of thiazole rings is 1. The minimum Gasteiger partial charge on any atom is -0.369 e. The van der Waals surface area contributed by atoms with Crippen molar-refractivity contribution < 1.29 is 0 Å². The molecule has 0 saturated carbocycles. The molecule has 0 aliphatic heterocycles. The van der Waals surface area contributed by atoms with Gasteiger partial charge in [-0.05, 0) is 37.1 Å². The number of hydrogen-bond donors (Lipinski definition) is 1. The average Bonchev–Trinajstić information content (AvgIpc) is 2.74. The Balaban J connectivity index is 2.13. The summed E-state index contributed by atoms with van der Waals surface area (Å²) in [5, 5.41) is 3.24. The predicted octanol–water partition coefficient (Wildman–Crippen LogP) is 2.86. The van der Waals surface area contributed by atoms with E-state index in [2.05, 4.69) is 47.4 Å². The van der Waals surface area contributed by atoms with Gasteiger partial charge in [0.1, 0.15) is 0 Å². The Labute approximate surface area is 112 Å². The molecule has 0 aliphatic carbocycles. The highest BCUT2D eigenvalue weighted by atomic mass is 32.1. The summed E-state index contributed by atoms with van der Waals surface area (Å²) in [6.45, 7) is 5.58. The number of rotatable bonds is 4. The molecule has 2 rings (SSSR count). The van der Waals surface area contributed by atoms with E-state index in [-0.39, 0.29) is 0 Å². The molecule has 0 amide bonds. The lowest BCUT2D eigenvalue weighted by Gasteiger charge is -2.19. The normalized spacial score (nSPS) is 10.7. The van der Waals surface area contributed by atoms with E-state index in [0.717, 1.165) is 17.2 Å². The number of anilines is 1. The molecule has 0 fully saturated rings. The fourth-order valence-electron chi connectivity index (χ4n) is 1.96. The van der Waals surface area contributed by atoms with Crippen LogP contribution in [0.15, 0.2) is 23.6 Å². The van der Waals surface area contributed by atoms with Gasteiger partial charge in [0.2, 0.25) is 0 Å². The molecule has 18 heavy (non-hydrogen) atoms. The molecule has 1 heterocycles. The Morgan fingerprint density at radius 2 is 2.11 bits per heavy atom. The van der Waals surface area contributed by atoms with Crippen LogP contribution < -0.4 is 10.6 Å². The topological polar surface area (TPSA) is 42.2 Å². The summed E-state index contributed by atoms with van der Waals surface area (Å²) >= 11 is 1.70. The fraction of sp³-hybridized carbons (Fsp3) is 0.357. The molecule has 2 aromatic rings. The van der Waals surface area contributed by atoms with Crippen molar-refractivity contribution in [1.29, 1.82) is 0 Å². The molecule has 3 nitrogen and oxygen atoms in total. The van der Waals surface area contributed by atoms with Crippen LogP contribution in [0.5, 0.6) is 0 Å². The largest absolute Gasteiger partial charge is 0.369 e. The zero-order chi connectivity index (χ0) is 13.1. The number of benzene rings is 1. The molecule has 4 heteroatoms. The summed E-state index contributed by atoms with van der Waals surface area (Å²) in [5.41, 5.74) is 10.5. The van der Waals surface area contributed by atoms with Crippen molar-refractivity contribution in [3.63, 3.8) is 0 Å². The van der Waals surface area contributed by atoms with Crippen molar-refractivity contribution in [3.8, 4) is 0 Å². The average molecular weight is 261 g/mol. The van der Waals surface area contributed by atoms with E-state index in [1.165, 1.54) is 16.8 Å². The van der Waals surface area contributed by atoms with Gasteiger partial charge in [-0.1, -0.05) is 6.07 Å². The van der Waals surface area contributed by atoms with Gasteiger partial charge in [0.15, 0.2) is 0 Å². The van der Waals surface area contributed by atoms with E-state index in [1.807, 2.05) is 6.92 Å². The monoisotopic (exact) mass is 261 g/mol. The maximum Gasteiger partial charge on any atom is 0.0898 e. The Bertz CT molecular complexity index is 534. The summed E-state index contributed by atoms with van der Waals surface area (Å²) in [4.78, 5) is 6.70. The van der Waals surface area contributed by atoms with Crippen LogP contribution in [0.2, 0.25) is 0 Å². The molecule has 1 aromatic heterocycles. The first-order valence-electron chi connectivity index (χ1n) is 6.02. The molecule has 2 N–H and O–H groups in total. The van der Waals surface area contributed by atoms with Crippen molar-refractivity contribution in [2.75, 3.05) is 11.9 Å². The molecule has 1 aromatic carbocycles. The standard InChI is InChI=1S/C14H19N3S/c1-10-6-14(5-4-12(10)7-15)17(3)8-13-9-18-11(2)16-13/h4-6,9H,7-8,15H2,1-3H3. The van der Waals surface area contributed by atoms with Gasteiger partial charge in [-0.3, -0.25) is 0 Å². The van der Waals surface area contributed by atoms with Crippen LogP contribution in [-0.2, 0) is 13.1 Å². The summed E-state index contributed by atoms with van der Waals surface area (Å²) in [7, 11) is 2.09. The van der Waals surface area contributed by atoms with Crippen LogP contribution in [0.4, 0.5) is 5.69 Å². The van der Waals surface area contributed by atoms with E-state index in [1.54, 1.807) is 11.3 Å². The zero-order valence-electron chi connectivity index (χ0n) is 11.1. The Morgan fingerprint density at radius 3 is 2.67 bits per heavy atom. The Kier molecular flexibility index (Phi) is 3.99. The second-order valence-electron chi connectivity index (χ2n) is 4.53. The van der Waals surface area contributed by atoms with Crippen molar-refractivity contribution in [1.82, 2.24) is 4.98 Å². The molecular weight excluding hydrogens is 242 g/mol. The molecule has 0 saturated heterocycles. The van der Waals surface area contributed by atoms with Crippen molar-refractivity contribution in [3.05, 3.63) is 45.4 Å². The van der Waals surface area contributed by atoms with Crippen molar-refractivity contribution in [2.45, 2.75) is 26.9 Å². The molecule has 0 radical (unpaired) electrons. The van der Waals surface area contributed by atoms with E-state index >= 15 is 0 Å². The highest BCUT2D eigenvalue weighted by Crippen LogP contribution is 2.20. The Hall–Kier alpha value is -1.39. The number of hydrogen-bond acceptors (Lipinski definition) is 4. The molecule has 0 aliphatic rings.